The molecule has 43 heavy (non-hydrogen) atoms. The maximum Gasteiger partial charge on any atom is 0.430 e. The van der Waals surface area contributed by atoms with E-state index in [1.165, 1.54) is 30.3 Å². The van der Waals surface area contributed by atoms with Crippen LogP contribution in [-0.4, -0.2) is 24.2 Å². The van der Waals surface area contributed by atoms with Crippen molar-refractivity contribution in [3.05, 3.63) is 135 Å². The van der Waals surface area contributed by atoms with Crippen molar-refractivity contribution in [2.45, 2.75) is 36.8 Å². The number of nitrogens with zero attached hydrogens (tertiary/aromatic N) is 1. The van der Waals surface area contributed by atoms with Gasteiger partial charge in [0, 0.05) is 25.3 Å². The van der Waals surface area contributed by atoms with Gasteiger partial charge in [0.25, 0.3) is 11.5 Å². The first-order chi connectivity index (χ1) is 20.1. The van der Waals surface area contributed by atoms with Crippen LogP contribution in [0.15, 0.2) is 91.1 Å². The Morgan fingerprint density at radius 3 is 2.05 bits per heavy atom. The van der Waals surface area contributed by atoms with Gasteiger partial charge in [0.2, 0.25) is 0 Å². The maximum absolute atomic E-state index is 14.9. The van der Waals surface area contributed by atoms with E-state index in [1.807, 2.05) is 0 Å². The van der Waals surface area contributed by atoms with Gasteiger partial charge >= 0.3 is 12.4 Å². The van der Waals surface area contributed by atoms with Crippen LogP contribution in [0, 0.1) is 12.7 Å². The number of methoxy groups -OCH3 is 1. The van der Waals surface area contributed by atoms with Crippen LogP contribution in [0.4, 0.5) is 30.7 Å². The summed E-state index contributed by atoms with van der Waals surface area (Å²) in [5, 5.41) is 2.44. The molecule has 0 radical (unpaired) electrons. The summed E-state index contributed by atoms with van der Waals surface area (Å²) in [6.07, 6.45) is -9.69. The minimum Gasteiger partial charge on any atom is -0.356 e. The molecule has 0 aliphatic heterocycles. The van der Waals surface area contributed by atoms with Crippen molar-refractivity contribution < 1.29 is 40.3 Å². The fourth-order valence-corrected chi connectivity index (χ4v) is 5.06. The lowest BCUT2D eigenvalue weighted by Gasteiger charge is -2.41. The highest BCUT2D eigenvalue weighted by atomic mass is 35.5. The summed E-state index contributed by atoms with van der Waals surface area (Å²) in [5.74, 6) is -3.10. The monoisotopic (exact) mass is 624 g/mol. The van der Waals surface area contributed by atoms with Crippen molar-refractivity contribution in [1.29, 1.82) is 0 Å². The lowest BCUT2D eigenvalue weighted by molar-refractivity contribution is -0.266. The number of carbonyl (C=O) groups is 1. The first-order valence-electron chi connectivity index (χ1n) is 12.7. The molecule has 1 heterocycles. The molecule has 226 valence electrons. The molecule has 4 aromatic rings. The predicted octanol–water partition coefficient (Wildman–Crippen LogP) is 7.91. The molecular weight excluding hydrogens is 601 g/mol. The van der Waals surface area contributed by atoms with Gasteiger partial charge in [0.05, 0.1) is 16.3 Å². The van der Waals surface area contributed by atoms with Crippen molar-refractivity contribution in [3.8, 4) is 0 Å². The number of amides is 1. The molecule has 0 aliphatic carbocycles. The van der Waals surface area contributed by atoms with Gasteiger partial charge in [-0.2, -0.15) is 26.3 Å². The minimum absolute atomic E-state index is 0.0981. The number of benzene rings is 3. The zero-order chi connectivity index (χ0) is 31.6. The Morgan fingerprint density at radius 1 is 0.860 bits per heavy atom. The Morgan fingerprint density at radius 2 is 1.49 bits per heavy atom. The third-order valence-electron chi connectivity index (χ3n) is 7.13. The molecule has 0 fully saturated rings. The lowest BCUT2D eigenvalue weighted by atomic mass is 9.78. The number of aromatic nitrogens is 1. The van der Waals surface area contributed by atoms with Gasteiger partial charge in [-0.05, 0) is 53.9 Å². The highest BCUT2D eigenvalue weighted by molar-refractivity contribution is 6.30. The SMILES string of the molecule is CO[C@](C(=O)N[C@@](Cc1ccccc1C)(c1cc(F)cc(C(F)(F)F)c1)c1ccc(Cl)cn1)(c1ccccc1)C(F)(F)F. The predicted molar refractivity (Wildman–Crippen MR) is 146 cm³/mol. The summed E-state index contributed by atoms with van der Waals surface area (Å²) in [7, 11) is 0.688. The molecule has 0 aliphatic rings. The number of alkyl halides is 6. The van der Waals surface area contributed by atoms with E-state index in [4.69, 9.17) is 16.3 Å². The molecule has 0 spiro atoms. The quantitative estimate of drug-likeness (QED) is 0.203. The van der Waals surface area contributed by atoms with Gasteiger partial charge in [-0.25, -0.2) is 4.39 Å². The fraction of sp³-hybridized carbons (Fsp3) is 0.226. The highest BCUT2D eigenvalue weighted by Crippen LogP contribution is 2.45. The largest absolute Gasteiger partial charge is 0.430 e. The van der Waals surface area contributed by atoms with Gasteiger partial charge in [-0.3, -0.25) is 9.78 Å². The summed E-state index contributed by atoms with van der Waals surface area (Å²) in [6.45, 7) is 1.67. The smallest absolute Gasteiger partial charge is 0.356 e. The second-order valence-electron chi connectivity index (χ2n) is 9.80. The Hall–Kier alpha value is -3.96. The zero-order valence-electron chi connectivity index (χ0n) is 22.7. The van der Waals surface area contributed by atoms with E-state index in [2.05, 4.69) is 10.3 Å². The molecule has 12 heteroatoms. The summed E-state index contributed by atoms with van der Waals surface area (Å²) in [4.78, 5) is 18.3. The third kappa shape index (κ3) is 6.23. The molecular formula is C31H24ClF7N2O2. The van der Waals surface area contributed by atoms with Crippen LogP contribution in [0.5, 0.6) is 0 Å². The Bertz CT molecular complexity index is 1590. The third-order valence-corrected chi connectivity index (χ3v) is 7.36. The molecule has 4 nitrogen and oxygen atoms in total. The molecule has 1 amide bonds. The fourth-order valence-electron chi connectivity index (χ4n) is 4.95. The van der Waals surface area contributed by atoms with E-state index in [0.717, 1.165) is 18.3 Å². The molecule has 0 saturated heterocycles. The Balaban J connectivity index is 2.08. The molecule has 0 unspecified atom stereocenters. The second-order valence-corrected chi connectivity index (χ2v) is 10.2. The standard InChI is InChI=1S/C31H24ClF7N2O2/c1-19-8-6-7-9-20(19)17-28(26-13-12-24(32)18-40-26,22-14-23(30(34,35)36)16-25(33)15-22)41-27(42)29(43-2,31(37,38)39)21-10-4-3-5-11-21/h3-16,18H,17H2,1-2H3,(H,41,42)/t28-,29-/m0/s1. The highest BCUT2D eigenvalue weighted by Gasteiger charge is 2.64. The lowest BCUT2D eigenvalue weighted by Crippen LogP contribution is -2.61. The van der Waals surface area contributed by atoms with E-state index in [0.29, 0.717) is 30.4 Å². The molecule has 0 saturated carbocycles. The van der Waals surface area contributed by atoms with E-state index in [1.54, 1.807) is 31.2 Å². The van der Waals surface area contributed by atoms with E-state index < -0.39 is 58.3 Å². The number of nitrogens with one attached hydrogen (secondary N) is 1. The molecule has 1 N–H and O–H groups in total. The number of pyridine rings is 1. The first kappa shape index (κ1) is 32.0. The number of halogens is 8. The van der Waals surface area contributed by atoms with E-state index in [9.17, 15) is 35.5 Å². The van der Waals surface area contributed by atoms with Gasteiger partial charge < -0.3 is 10.1 Å². The average molecular weight is 625 g/mol. The van der Waals surface area contributed by atoms with Crippen LogP contribution in [-0.2, 0) is 33.3 Å². The number of hydrogen-bond donors (Lipinski definition) is 1. The van der Waals surface area contributed by atoms with Crippen molar-refractivity contribution in [2.75, 3.05) is 7.11 Å². The van der Waals surface area contributed by atoms with Crippen LogP contribution < -0.4 is 5.32 Å². The van der Waals surface area contributed by atoms with Crippen molar-refractivity contribution >= 4 is 17.5 Å². The number of ether oxygens (including phenoxy) is 1. The van der Waals surface area contributed by atoms with Crippen LogP contribution >= 0.6 is 11.6 Å². The Kier molecular flexibility index (Phi) is 8.90. The van der Waals surface area contributed by atoms with Crippen molar-refractivity contribution in [2.24, 2.45) is 0 Å². The van der Waals surface area contributed by atoms with Gasteiger partial charge in [0.15, 0.2) is 0 Å². The Labute approximate surface area is 247 Å². The summed E-state index contributed by atoms with van der Waals surface area (Å²) >= 11 is 6.02. The normalized spacial score (nSPS) is 14.9. The van der Waals surface area contributed by atoms with Crippen LogP contribution in [0.1, 0.15) is 33.5 Å². The summed E-state index contributed by atoms with van der Waals surface area (Å²) in [6, 6.07) is 16.7. The number of aryl methyl sites for hydroxylation is 1. The average Bonchev–Trinajstić information content (AvgIpc) is 2.94. The number of hydrogen-bond acceptors (Lipinski definition) is 3. The topological polar surface area (TPSA) is 51.2 Å². The summed E-state index contributed by atoms with van der Waals surface area (Å²) < 4.78 is 106. The molecule has 2 atom stereocenters. The minimum atomic E-state index is -5.35. The van der Waals surface area contributed by atoms with Crippen molar-refractivity contribution in [1.82, 2.24) is 10.3 Å². The van der Waals surface area contributed by atoms with Gasteiger partial charge in [-0.15, -0.1) is 0 Å². The summed E-state index contributed by atoms with van der Waals surface area (Å²) in [5.41, 5.74) is -7.61. The number of carbonyl (C=O) groups excluding carboxylic acids is 1. The molecule has 3 aromatic carbocycles. The second kappa shape index (κ2) is 12.0. The molecule has 0 bridgehead atoms. The molecule has 4 rings (SSSR count). The number of rotatable bonds is 8. The van der Waals surface area contributed by atoms with Crippen LogP contribution in [0.25, 0.3) is 0 Å². The molecule has 1 aromatic heterocycles. The maximum atomic E-state index is 14.9. The van der Waals surface area contributed by atoms with E-state index in [-0.39, 0.29) is 16.8 Å². The van der Waals surface area contributed by atoms with Gasteiger partial charge in [0.1, 0.15) is 11.4 Å². The zero-order valence-corrected chi connectivity index (χ0v) is 23.4. The van der Waals surface area contributed by atoms with Crippen LogP contribution in [0.2, 0.25) is 5.02 Å². The van der Waals surface area contributed by atoms with Crippen molar-refractivity contribution in [3.63, 3.8) is 0 Å². The van der Waals surface area contributed by atoms with E-state index >= 15 is 0 Å². The van der Waals surface area contributed by atoms with Crippen LogP contribution in [0.3, 0.4) is 0 Å². The first-order valence-corrected chi connectivity index (χ1v) is 13.1. The van der Waals surface area contributed by atoms with Gasteiger partial charge in [-0.1, -0.05) is 66.2 Å².